The van der Waals surface area contributed by atoms with Crippen molar-refractivity contribution in [1.29, 1.82) is 0 Å². The number of pyridine rings is 1. The summed E-state index contributed by atoms with van der Waals surface area (Å²) in [5, 5.41) is 16.9. The molecule has 0 bridgehead atoms. The summed E-state index contributed by atoms with van der Waals surface area (Å²) in [7, 11) is 5.00. The van der Waals surface area contributed by atoms with Gasteiger partial charge in [-0.05, 0) is 25.1 Å². The lowest BCUT2D eigenvalue weighted by Gasteiger charge is -2.26. The number of rotatable bonds is 8. The lowest BCUT2D eigenvalue weighted by molar-refractivity contribution is 0.238. The molecule has 0 saturated carbocycles. The molecule has 2 N–H and O–H groups in total. The summed E-state index contributed by atoms with van der Waals surface area (Å²) >= 11 is 6.76. The largest absolute Gasteiger partial charge is 0.497 e. The van der Waals surface area contributed by atoms with Gasteiger partial charge in [0.2, 0.25) is 5.95 Å². The van der Waals surface area contributed by atoms with Crippen LogP contribution in [0, 0.1) is 0 Å². The van der Waals surface area contributed by atoms with E-state index in [1.165, 1.54) is 0 Å². The number of anilines is 1. The molecule has 1 aromatic carbocycles. The number of fused-ring (bicyclic) bond motifs is 3. The molecule has 35 heavy (non-hydrogen) atoms. The third kappa shape index (κ3) is 4.56. The van der Waals surface area contributed by atoms with Crippen molar-refractivity contribution in [2.24, 2.45) is 0 Å². The van der Waals surface area contributed by atoms with Gasteiger partial charge in [0.15, 0.2) is 11.3 Å². The molecule has 4 heterocycles. The van der Waals surface area contributed by atoms with Crippen LogP contribution in [-0.2, 0) is 6.42 Å². The summed E-state index contributed by atoms with van der Waals surface area (Å²) in [6.07, 6.45) is 3.55. The molecule has 10 nitrogen and oxygen atoms in total. The van der Waals surface area contributed by atoms with Crippen molar-refractivity contribution in [3.05, 3.63) is 35.2 Å². The van der Waals surface area contributed by atoms with Gasteiger partial charge in [0.25, 0.3) is 0 Å². The molecule has 1 aliphatic rings. The van der Waals surface area contributed by atoms with E-state index < -0.39 is 0 Å². The quantitative estimate of drug-likeness (QED) is 0.381. The Hall–Kier alpha value is -3.21. The number of methoxy groups -OCH3 is 2. The van der Waals surface area contributed by atoms with Crippen LogP contribution in [0.3, 0.4) is 0 Å². The fourth-order valence-electron chi connectivity index (χ4n) is 4.51. The molecule has 1 fully saturated rings. The summed E-state index contributed by atoms with van der Waals surface area (Å²) in [6, 6.07) is 5.63. The number of benzene rings is 1. The van der Waals surface area contributed by atoms with E-state index in [2.05, 4.69) is 30.7 Å². The second-order valence-electron chi connectivity index (χ2n) is 8.44. The Labute approximate surface area is 208 Å². The average molecular weight is 497 g/mol. The lowest BCUT2D eigenvalue weighted by Crippen LogP contribution is -2.43. The van der Waals surface area contributed by atoms with Crippen molar-refractivity contribution in [3.8, 4) is 22.6 Å². The minimum atomic E-state index is 0.477. The highest BCUT2D eigenvalue weighted by Gasteiger charge is 2.21. The number of nitrogens with zero attached hydrogens (tertiary/aromatic N) is 6. The zero-order chi connectivity index (χ0) is 24.4. The van der Waals surface area contributed by atoms with Gasteiger partial charge in [-0.25, -0.2) is 4.98 Å². The maximum Gasteiger partial charge on any atom is 0.224 e. The van der Waals surface area contributed by atoms with Crippen molar-refractivity contribution < 1.29 is 9.47 Å². The molecule has 0 amide bonds. The van der Waals surface area contributed by atoms with E-state index in [9.17, 15) is 0 Å². The van der Waals surface area contributed by atoms with E-state index in [4.69, 9.17) is 26.1 Å². The van der Waals surface area contributed by atoms with E-state index >= 15 is 0 Å². The van der Waals surface area contributed by atoms with Crippen LogP contribution < -0.4 is 20.1 Å². The van der Waals surface area contributed by atoms with Crippen LogP contribution in [0.1, 0.15) is 12.2 Å². The van der Waals surface area contributed by atoms with Gasteiger partial charge in [0, 0.05) is 68.4 Å². The topological polar surface area (TPSA) is 102 Å². The van der Waals surface area contributed by atoms with Crippen molar-refractivity contribution in [2.75, 3.05) is 59.3 Å². The van der Waals surface area contributed by atoms with E-state index in [1.54, 1.807) is 33.5 Å². The Balaban J connectivity index is 1.63. The van der Waals surface area contributed by atoms with Gasteiger partial charge in [-0.2, -0.15) is 4.98 Å². The number of ether oxygens (including phenoxy) is 2. The number of nitrogens with one attached hydrogen (secondary N) is 2. The molecule has 1 aliphatic heterocycles. The molecule has 4 aromatic rings. The van der Waals surface area contributed by atoms with Crippen LogP contribution in [0.4, 0.5) is 5.95 Å². The van der Waals surface area contributed by atoms with E-state index in [-0.39, 0.29) is 0 Å². The van der Waals surface area contributed by atoms with E-state index in [0.717, 1.165) is 73.6 Å². The molecular weight excluding hydrogens is 468 g/mol. The molecule has 5 rings (SSSR count). The highest BCUT2D eigenvalue weighted by atomic mass is 35.5. The Bertz CT molecular complexity index is 1350. The molecule has 0 spiro atoms. The average Bonchev–Trinajstić information content (AvgIpc) is 3.33. The number of hydrogen-bond acceptors (Lipinski definition) is 9. The number of hydrogen-bond donors (Lipinski definition) is 2. The van der Waals surface area contributed by atoms with Crippen LogP contribution in [0.25, 0.3) is 27.8 Å². The fraction of sp³-hybridized carbons (Fsp3) is 0.417. The van der Waals surface area contributed by atoms with Crippen molar-refractivity contribution >= 4 is 34.2 Å². The first-order chi connectivity index (χ1) is 17.1. The van der Waals surface area contributed by atoms with Crippen LogP contribution in [0.5, 0.6) is 11.5 Å². The zero-order valence-corrected chi connectivity index (χ0v) is 20.9. The predicted molar refractivity (Wildman–Crippen MR) is 137 cm³/mol. The summed E-state index contributed by atoms with van der Waals surface area (Å²) in [5.41, 5.74) is 2.97. The maximum atomic E-state index is 6.76. The molecule has 0 unspecified atom stereocenters. The van der Waals surface area contributed by atoms with E-state index in [0.29, 0.717) is 28.1 Å². The van der Waals surface area contributed by atoms with E-state index in [1.807, 2.05) is 16.5 Å². The minimum absolute atomic E-state index is 0.477. The van der Waals surface area contributed by atoms with Gasteiger partial charge < -0.3 is 25.0 Å². The van der Waals surface area contributed by atoms with Crippen molar-refractivity contribution in [2.45, 2.75) is 12.8 Å². The molecule has 3 aromatic heterocycles. The van der Waals surface area contributed by atoms with Crippen molar-refractivity contribution in [3.63, 3.8) is 0 Å². The fourth-order valence-corrected chi connectivity index (χ4v) is 4.80. The van der Waals surface area contributed by atoms with Gasteiger partial charge in [-0.1, -0.05) is 11.6 Å². The smallest absolute Gasteiger partial charge is 0.224 e. The second kappa shape index (κ2) is 10.2. The SMILES string of the molecule is CNc1ncc2cc(-c3cc(OC)cc(OC)c3Cl)c3nnc(CCCN4CCNCC4)n3c2n1. The summed E-state index contributed by atoms with van der Waals surface area (Å²) in [5.74, 6) is 2.55. The Morgan fingerprint density at radius 1 is 1.06 bits per heavy atom. The lowest BCUT2D eigenvalue weighted by atomic mass is 10.0. The molecule has 184 valence electrons. The predicted octanol–water partition coefficient (Wildman–Crippen LogP) is 2.89. The van der Waals surface area contributed by atoms with Crippen LogP contribution in [0.2, 0.25) is 5.02 Å². The molecule has 0 aliphatic carbocycles. The van der Waals surface area contributed by atoms with Gasteiger partial charge >= 0.3 is 0 Å². The van der Waals surface area contributed by atoms with Gasteiger partial charge in [-0.3, -0.25) is 4.40 Å². The highest BCUT2D eigenvalue weighted by molar-refractivity contribution is 6.35. The number of piperazine rings is 1. The Morgan fingerprint density at radius 2 is 1.89 bits per heavy atom. The standard InChI is InChI=1S/C24H29ClN8O2/c1-26-24-28-14-15-11-18(17-12-16(34-2)13-19(35-3)21(17)25)23-31-30-20(33(23)22(15)29-24)5-4-8-32-9-6-27-7-10-32/h11-14,27H,4-10H2,1-3H3,(H,26,28,29). The first-order valence-electron chi connectivity index (χ1n) is 11.7. The van der Waals surface area contributed by atoms with Crippen LogP contribution in [0.15, 0.2) is 24.4 Å². The Kier molecular flexibility index (Phi) is 6.85. The number of aromatic nitrogens is 5. The first-order valence-corrected chi connectivity index (χ1v) is 12.1. The van der Waals surface area contributed by atoms with Gasteiger partial charge in [-0.15, -0.1) is 10.2 Å². The minimum Gasteiger partial charge on any atom is -0.497 e. The molecule has 11 heteroatoms. The summed E-state index contributed by atoms with van der Waals surface area (Å²) in [6.45, 7) is 5.24. The third-order valence-electron chi connectivity index (χ3n) is 6.35. The maximum absolute atomic E-state index is 6.76. The zero-order valence-electron chi connectivity index (χ0n) is 20.1. The summed E-state index contributed by atoms with van der Waals surface area (Å²) in [4.78, 5) is 11.6. The number of aryl methyl sites for hydroxylation is 1. The molecule has 0 radical (unpaired) electrons. The van der Waals surface area contributed by atoms with Gasteiger partial charge in [0.1, 0.15) is 17.3 Å². The molecule has 0 atom stereocenters. The van der Waals surface area contributed by atoms with Gasteiger partial charge in [0.05, 0.1) is 19.2 Å². The first kappa shape index (κ1) is 23.5. The molecule has 1 saturated heterocycles. The second-order valence-corrected chi connectivity index (χ2v) is 8.82. The Morgan fingerprint density at radius 3 is 2.63 bits per heavy atom. The van der Waals surface area contributed by atoms with Crippen LogP contribution >= 0.6 is 11.6 Å². The number of halogens is 1. The molecular formula is C24H29ClN8O2. The summed E-state index contributed by atoms with van der Waals surface area (Å²) < 4.78 is 13.0. The normalized spacial score (nSPS) is 14.5. The monoisotopic (exact) mass is 496 g/mol. The van der Waals surface area contributed by atoms with Crippen LogP contribution in [-0.4, -0.2) is 83.5 Å². The third-order valence-corrected chi connectivity index (χ3v) is 6.73. The highest BCUT2D eigenvalue weighted by Crippen LogP contribution is 2.41. The van der Waals surface area contributed by atoms with Crippen molar-refractivity contribution in [1.82, 2.24) is 34.8 Å².